The minimum absolute atomic E-state index is 0.113. The quantitative estimate of drug-likeness (QED) is 0.389. The predicted octanol–water partition coefficient (Wildman–Crippen LogP) is 4.99. The molecule has 0 spiro atoms. The molecule has 3 aromatic rings. The van der Waals surface area contributed by atoms with Crippen molar-refractivity contribution in [1.29, 1.82) is 5.26 Å². The molecular formula is C29H30ClN3O4. The van der Waals surface area contributed by atoms with E-state index in [1.807, 2.05) is 6.07 Å². The second-order valence-electron chi connectivity index (χ2n) is 9.37. The number of ether oxygens (including phenoxy) is 2. The van der Waals surface area contributed by atoms with Gasteiger partial charge < -0.3 is 19.9 Å². The zero-order valence-corrected chi connectivity index (χ0v) is 21.9. The normalized spacial score (nSPS) is 15.9. The molecule has 1 heterocycles. The fourth-order valence-corrected chi connectivity index (χ4v) is 4.91. The van der Waals surface area contributed by atoms with Gasteiger partial charge in [-0.15, -0.1) is 0 Å². The Morgan fingerprint density at radius 1 is 1.30 bits per heavy atom. The average Bonchev–Trinajstić information content (AvgIpc) is 3.28. The van der Waals surface area contributed by atoms with E-state index >= 15 is 0 Å². The third-order valence-electron chi connectivity index (χ3n) is 6.59. The van der Waals surface area contributed by atoms with Crippen LogP contribution in [0.1, 0.15) is 59.8 Å². The van der Waals surface area contributed by atoms with E-state index < -0.39 is 12.1 Å². The van der Waals surface area contributed by atoms with Crippen molar-refractivity contribution in [3.8, 4) is 17.6 Å². The molecule has 0 bridgehead atoms. The summed E-state index contributed by atoms with van der Waals surface area (Å²) in [5.41, 5.74) is 5.63. The number of carbonyl (C=O) groups excluding carboxylic acids is 1. The predicted molar refractivity (Wildman–Crippen MR) is 141 cm³/mol. The minimum atomic E-state index is -0.856. The molecule has 192 valence electrons. The summed E-state index contributed by atoms with van der Waals surface area (Å²) in [4.78, 5) is 16.1. The number of halogens is 1. The molecule has 0 unspecified atom stereocenters. The zero-order valence-electron chi connectivity index (χ0n) is 21.1. The van der Waals surface area contributed by atoms with E-state index in [1.165, 1.54) is 29.8 Å². The summed E-state index contributed by atoms with van der Waals surface area (Å²) in [6, 6.07) is 12.8. The van der Waals surface area contributed by atoms with Crippen LogP contribution in [0.5, 0.6) is 11.5 Å². The first-order valence-corrected chi connectivity index (χ1v) is 12.6. The molecule has 2 N–H and O–H groups in total. The lowest BCUT2D eigenvalue weighted by molar-refractivity contribution is -0.121. The van der Waals surface area contributed by atoms with Crippen molar-refractivity contribution in [3.63, 3.8) is 0 Å². The third-order valence-corrected chi connectivity index (χ3v) is 6.88. The molecule has 3 atom stereocenters. The van der Waals surface area contributed by atoms with Gasteiger partial charge in [0.25, 0.3) is 0 Å². The van der Waals surface area contributed by atoms with Crippen molar-refractivity contribution >= 4 is 17.4 Å². The molecular weight excluding hydrogens is 490 g/mol. The summed E-state index contributed by atoms with van der Waals surface area (Å²) in [6.07, 6.45) is 3.97. The van der Waals surface area contributed by atoms with Crippen LogP contribution in [0.2, 0.25) is 5.02 Å². The van der Waals surface area contributed by atoms with Crippen molar-refractivity contribution in [2.75, 3.05) is 0 Å². The van der Waals surface area contributed by atoms with Gasteiger partial charge in [0.15, 0.2) is 0 Å². The summed E-state index contributed by atoms with van der Waals surface area (Å²) in [5.74, 6) is 0.852. The van der Waals surface area contributed by atoms with Gasteiger partial charge in [-0.3, -0.25) is 9.78 Å². The molecule has 0 amide bonds. The van der Waals surface area contributed by atoms with E-state index in [2.05, 4.69) is 35.4 Å². The number of Topliss-reactive ketones (excluding diaryl/α,β-unsaturated/α-hetero) is 1. The average molecular weight is 520 g/mol. The van der Waals surface area contributed by atoms with Crippen LogP contribution in [0.3, 0.4) is 0 Å². The van der Waals surface area contributed by atoms with Gasteiger partial charge in [-0.05, 0) is 62.4 Å². The molecule has 4 rings (SSSR count). The molecule has 7 nitrogen and oxygen atoms in total. The molecule has 37 heavy (non-hydrogen) atoms. The first-order chi connectivity index (χ1) is 17.8. The number of pyridine rings is 1. The molecule has 0 radical (unpaired) electrons. The Labute approximate surface area is 222 Å². The van der Waals surface area contributed by atoms with E-state index in [0.717, 1.165) is 18.4 Å². The first kappa shape index (κ1) is 26.6. The van der Waals surface area contributed by atoms with Gasteiger partial charge in [0.05, 0.1) is 22.7 Å². The summed E-state index contributed by atoms with van der Waals surface area (Å²) >= 11 is 6.66. The van der Waals surface area contributed by atoms with Crippen molar-refractivity contribution in [2.45, 2.75) is 65.0 Å². The van der Waals surface area contributed by atoms with Gasteiger partial charge in [-0.25, -0.2) is 0 Å². The maximum absolute atomic E-state index is 12.0. The van der Waals surface area contributed by atoms with Crippen LogP contribution in [0, 0.1) is 18.3 Å². The van der Waals surface area contributed by atoms with Crippen LogP contribution in [0.15, 0.2) is 48.8 Å². The van der Waals surface area contributed by atoms with Gasteiger partial charge in [-0.1, -0.05) is 29.8 Å². The Bertz CT molecular complexity index is 1340. The molecule has 1 aromatic heterocycles. The molecule has 0 saturated heterocycles. The number of ketones is 1. The third kappa shape index (κ3) is 6.28. The Morgan fingerprint density at radius 3 is 2.84 bits per heavy atom. The number of nitrogens with zero attached hydrogens (tertiary/aromatic N) is 2. The Kier molecular flexibility index (Phi) is 8.45. The number of rotatable bonds is 10. The molecule has 0 saturated carbocycles. The number of hydrogen-bond acceptors (Lipinski definition) is 7. The van der Waals surface area contributed by atoms with E-state index in [4.69, 9.17) is 21.1 Å². The maximum Gasteiger partial charge on any atom is 0.149 e. The molecule has 2 aromatic carbocycles. The highest BCUT2D eigenvalue weighted by Crippen LogP contribution is 2.41. The maximum atomic E-state index is 12.0. The number of aliphatic hydroxyl groups excluding tert-OH is 1. The van der Waals surface area contributed by atoms with E-state index in [1.54, 1.807) is 31.3 Å². The van der Waals surface area contributed by atoms with Crippen LogP contribution in [0.25, 0.3) is 0 Å². The van der Waals surface area contributed by atoms with Crippen molar-refractivity contribution in [3.05, 3.63) is 87.2 Å². The fraction of sp³-hybridized carbons (Fsp3) is 0.345. The molecule has 0 fully saturated rings. The number of hydrogen-bond donors (Lipinski definition) is 2. The standard InChI is InChI=1S/C29H30ClN3O4/c1-17-5-4-6-24-23(17)7-8-26(24)37-28-11-27(36-16-21-9-20(12-31)13-32-14-21)22(10-25(28)30)15-33-29(18(2)34)19(3)35/h4-6,9-11,13-14,18,26,29,33-34H,7-8,15-16H2,1-3H3/t18-,26+,29+/m1/s1. The monoisotopic (exact) mass is 519 g/mol. The van der Waals surface area contributed by atoms with Crippen LogP contribution < -0.4 is 14.8 Å². The number of aromatic nitrogens is 1. The number of nitrogens with one attached hydrogen (secondary N) is 1. The summed E-state index contributed by atoms with van der Waals surface area (Å²) in [6.45, 7) is 5.53. The highest BCUT2D eigenvalue weighted by atomic mass is 35.5. The first-order valence-electron chi connectivity index (χ1n) is 12.2. The number of aliphatic hydroxyl groups is 1. The number of benzene rings is 2. The van der Waals surface area contributed by atoms with Crippen molar-refractivity contribution < 1.29 is 19.4 Å². The van der Waals surface area contributed by atoms with Gasteiger partial charge in [-0.2, -0.15) is 5.26 Å². The highest BCUT2D eigenvalue weighted by molar-refractivity contribution is 6.32. The Hall–Kier alpha value is -3.44. The largest absolute Gasteiger partial charge is 0.488 e. The topological polar surface area (TPSA) is 104 Å². The van der Waals surface area contributed by atoms with Crippen LogP contribution >= 0.6 is 11.6 Å². The van der Waals surface area contributed by atoms with Gasteiger partial charge in [0.2, 0.25) is 0 Å². The smallest absolute Gasteiger partial charge is 0.149 e. The van der Waals surface area contributed by atoms with E-state index in [9.17, 15) is 15.2 Å². The Balaban J connectivity index is 1.61. The summed E-state index contributed by atoms with van der Waals surface area (Å²) < 4.78 is 12.5. The number of carbonyl (C=O) groups is 1. The molecule has 8 heteroatoms. The molecule has 0 aliphatic heterocycles. The number of aryl methyl sites for hydroxylation is 1. The second-order valence-corrected chi connectivity index (χ2v) is 9.78. The van der Waals surface area contributed by atoms with Gasteiger partial charge in [0, 0.05) is 36.1 Å². The second kappa shape index (κ2) is 11.7. The highest BCUT2D eigenvalue weighted by Gasteiger charge is 2.27. The summed E-state index contributed by atoms with van der Waals surface area (Å²) in [5, 5.41) is 22.7. The molecule has 1 aliphatic rings. The van der Waals surface area contributed by atoms with E-state index in [-0.39, 0.29) is 25.0 Å². The van der Waals surface area contributed by atoms with Crippen molar-refractivity contribution in [1.82, 2.24) is 10.3 Å². The number of nitriles is 1. The van der Waals surface area contributed by atoms with Crippen LogP contribution in [-0.2, 0) is 24.4 Å². The fourth-order valence-electron chi connectivity index (χ4n) is 4.68. The number of fused-ring (bicyclic) bond motifs is 1. The SMILES string of the molecule is CC(=O)[C@@H](NCc1cc(Cl)c(O[C@H]2CCc3c(C)cccc32)cc1OCc1cncc(C#N)c1)[C@@H](C)O. The van der Waals surface area contributed by atoms with Gasteiger partial charge in [0.1, 0.15) is 36.1 Å². The lowest BCUT2D eigenvalue weighted by atomic mass is 10.0. The van der Waals surface area contributed by atoms with Crippen LogP contribution in [0.4, 0.5) is 0 Å². The van der Waals surface area contributed by atoms with E-state index in [0.29, 0.717) is 27.6 Å². The zero-order chi connectivity index (χ0) is 26.5. The minimum Gasteiger partial charge on any atom is -0.488 e. The Morgan fingerprint density at radius 2 is 2.11 bits per heavy atom. The van der Waals surface area contributed by atoms with Crippen molar-refractivity contribution in [2.24, 2.45) is 0 Å². The molecule has 1 aliphatic carbocycles. The van der Waals surface area contributed by atoms with Gasteiger partial charge >= 0.3 is 0 Å². The summed E-state index contributed by atoms with van der Waals surface area (Å²) in [7, 11) is 0. The lowest BCUT2D eigenvalue weighted by Gasteiger charge is -2.22. The van der Waals surface area contributed by atoms with Crippen LogP contribution in [-0.4, -0.2) is 28.0 Å². The lowest BCUT2D eigenvalue weighted by Crippen LogP contribution is -2.43.